The van der Waals surface area contributed by atoms with Crippen LogP contribution in [-0.4, -0.2) is 32.8 Å². The predicted molar refractivity (Wildman–Crippen MR) is 113 cm³/mol. The lowest BCUT2D eigenvalue weighted by Gasteiger charge is -2.18. The molecule has 0 aliphatic rings. The summed E-state index contributed by atoms with van der Waals surface area (Å²) in [6.45, 7) is 6.41. The lowest BCUT2D eigenvalue weighted by atomic mass is 9.87. The summed E-state index contributed by atoms with van der Waals surface area (Å²) in [5, 5.41) is 12.0. The SMILES string of the molecule is COc1ccc2c(c1)c1nnc(NC(=O)c3ccc(C(C)(C)C)cc3)nc1n2C. The van der Waals surface area contributed by atoms with Crippen molar-refractivity contribution >= 4 is 33.9 Å². The number of methoxy groups -OCH3 is 1. The molecule has 7 heteroatoms. The van der Waals surface area contributed by atoms with Gasteiger partial charge in [0.15, 0.2) is 5.65 Å². The van der Waals surface area contributed by atoms with Crippen molar-refractivity contribution in [3.63, 3.8) is 0 Å². The summed E-state index contributed by atoms with van der Waals surface area (Å²) < 4.78 is 7.22. The second kappa shape index (κ2) is 6.84. The molecule has 29 heavy (non-hydrogen) atoms. The molecule has 2 heterocycles. The van der Waals surface area contributed by atoms with Gasteiger partial charge in [-0.3, -0.25) is 10.1 Å². The van der Waals surface area contributed by atoms with Crippen LogP contribution in [0, 0.1) is 0 Å². The lowest BCUT2D eigenvalue weighted by molar-refractivity contribution is 0.102. The van der Waals surface area contributed by atoms with Gasteiger partial charge in [-0.2, -0.15) is 4.98 Å². The van der Waals surface area contributed by atoms with Gasteiger partial charge in [0, 0.05) is 18.0 Å². The number of anilines is 1. The van der Waals surface area contributed by atoms with Gasteiger partial charge in [0.25, 0.3) is 11.9 Å². The van der Waals surface area contributed by atoms with E-state index >= 15 is 0 Å². The first-order chi connectivity index (χ1) is 13.8. The number of hydrogen-bond acceptors (Lipinski definition) is 5. The van der Waals surface area contributed by atoms with E-state index < -0.39 is 0 Å². The van der Waals surface area contributed by atoms with E-state index in [4.69, 9.17) is 4.74 Å². The number of ether oxygens (including phenoxy) is 1. The van der Waals surface area contributed by atoms with E-state index in [-0.39, 0.29) is 17.3 Å². The Morgan fingerprint density at radius 3 is 2.45 bits per heavy atom. The monoisotopic (exact) mass is 389 g/mol. The molecule has 148 valence electrons. The van der Waals surface area contributed by atoms with Gasteiger partial charge in [0.2, 0.25) is 0 Å². The van der Waals surface area contributed by atoms with Crippen LogP contribution in [0.4, 0.5) is 5.95 Å². The molecule has 0 unspecified atom stereocenters. The lowest BCUT2D eigenvalue weighted by Crippen LogP contribution is -2.16. The van der Waals surface area contributed by atoms with Gasteiger partial charge in [-0.05, 0) is 41.3 Å². The Bertz CT molecular complexity index is 1220. The summed E-state index contributed by atoms with van der Waals surface area (Å²) in [4.78, 5) is 17.1. The van der Waals surface area contributed by atoms with E-state index in [0.717, 1.165) is 16.7 Å². The number of carbonyl (C=O) groups is 1. The summed E-state index contributed by atoms with van der Waals surface area (Å²) in [5.74, 6) is 0.634. The zero-order valence-corrected chi connectivity index (χ0v) is 17.1. The quantitative estimate of drug-likeness (QED) is 0.571. The fourth-order valence-electron chi connectivity index (χ4n) is 3.31. The molecule has 0 bridgehead atoms. The molecule has 0 aliphatic carbocycles. The van der Waals surface area contributed by atoms with Crippen molar-refractivity contribution in [1.82, 2.24) is 19.7 Å². The van der Waals surface area contributed by atoms with E-state index in [1.165, 1.54) is 5.56 Å². The summed E-state index contributed by atoms with van der Waals surface area (Å²) >= 11 is 0. The number of aryl methyl sites for hydroxylation is 1. The molecular weight excluding hydrogens is 366 g/mol. The highest BCUT2D eigenvalue weighted by Gasteiger charge is 2.17. The van der Waals surface area contributed by atoms with Crippen LogP contribution in [0.2, 0.25) is 0 Å². The van der Waals surface area contributed by atoms with Crippen LogP contribution in [0.15, 0.2) is 42.5 Å². The fraction of sp³-hybridized carbons (Fsp3) is 0.273. The first kappa shape index (κ1) is 18.9. The number of benzene rings is 2. The topological polar surface area (TPSA) is 81.9 Å². The maximum absolute atomic E-state index is 12.6. The number of rotatable bonds is 3. The smallest absolute Gasteiger partial charge is 0.258 e. The summed E-state index contributed by atoms with van der Waals surface area (Å²) in [5.41, 5.74) is 4.01. The molecule has 4 rings (SSSR count). The number of carbonyl (C=O) groups excluding carboxylic acids is 1. The maximum Gasteiger partial charge on any atom is 0.258 e. The fourth-order valence-corrected chi connectivity index (χ4v) is 3.31. The average Bonchev–Trinajstić information content (AvgIpc) is 2.98. The molecule has 2 aromatic carbocycles. The predicted octanol–water partition coefficient (Wildman–Crippen LogP) is 4.07. The van der Waals surface area contributed by atoms with E-state index in [1.807, 2.05) is 54.1 Å². The van der Waals surface area contributed by atoms with Crippen LogP contribution >= 0.6 is 0 Å². The van der Waals surface area contributed by atoms with Crippen molar-refractivity contribution < 1.29 is 9.53 Å². The second-order valence-corrected chi connectivity index (χ2v) is 8.03. The Kier molecular flexibility index (Phi) is 4.45. The van der Waals surface area contributed by atoms with Crippen LogP contribution in [0.25, 0.3) is 22.1 Å². The van der Waals surface area contributed by atoms with Gasteiger partial charge < -0.3 is 9.30 Å². The van der Waals surface area contributed by atoms with Crippen LogP contribution in [0.1, 0.15) is 36.7 Å². The number of nitrogens with one attached hydrogen (secondary N) is 1. The van der Waals surface area contributed by atoms with Crippen molar-refractivity contribution in [2.45, 2.75) is 26.2 Å². The molecule has 0 aliphatic heterocycles. The molecule has 4 aromatic rings. The summed E-state index contributed by atoms with van der Waals surface area (Å²) in [6.07, 6.45) is 0. The Labute approximate surface area is 168 Å². The summed E-state index contributed by atoms with van der Waals surface area (Å²) in [7, 11) is 3.53. The minimum absolute atomic E-state index is 0.0320. The Morgan fingerprint density at radius 1 is 1.07 bits per heavy atom. The van der Waals surface area contributed by atoms with Gasteiger partial charge in [0.1, 0.15) is 11.3 Å². The van der Waals surface area contributed by atoms with Crippen LogP contribution in [-0.2, 0) is 12.5 Å². The van der Waals surface area contributed by atoms with Crippen molar-refractivity contribution in [1.29, 1.82) is 0 Å². The molecule has 0 spiro atoms. The third kappa shape index (κ3) is 3.40. The molecule has 1 amide bonds. The molecule has 2 aromatic heterocycles. The first-order valence-corrected chi connectivity index (χ1v) is 9.36. The highest BCUT2D eigenvalue weighted by molar-refractivity contribution is 6.06. The minimum Gasteiger partial charge on any atom is -0.497 e. The first-order valence-electron chi connectivity index (χ1n) is 9.36. The molecule has 0 atom stereocenters. The average molecular weight is 389 g/mol. The number of nitrogens with zero attached hydrogens (tertiary/aromatic N) is 4. The number of hydrogen-bond donors (Lipinski definition) is 1. The zero-order chi connectivity index (χ0) is 20.8. The molecular formula is C22H23N5O2. The van der Waals surface area contributed by atoms with Gasteiger partial charge >= 0.3 is 0 Å². The molecule has 1 N–H and O–H groups in total. The van der Waals surface area contributed by atoms with Gasteiger partial charge in [0.05, 0.1) is 12.6 Å². The van der Waals surface area contributed by atoms with Crippen LogP contribution < -0.4 is 10.1 Å². The maximum atomic E-state index is 12.6. The molecule has 0 radical (unpaired) electrons. The van der Waals surface area contributed by atoms with Crippen molar-refractivity contribution in [3.8, 4) is 5.75 Å². The van der Waals surface area contributed by atoms with Crippen molar-refractivity contribution in [2.75, 3.05) is 12.4 Å². The molecule has 7 nitrogen and oxygen atoms in total. The Balaban J connectivity index is 1.65. The zero-order valence-electron chi connectivity index (χ0n) is 17.1. The van der Waals surface area contributed by atoms with Crippen molar-refractivity contribution in [3.05, 3.63) is 53.6 Å². The minimum atomic E-state index is -0.271. The number of amides is 1. The highest BCUT2D eigenvalue weighted by Crippen LogP contribution is 2.29. The third-order valence-electron chi connectivity index (χ3n) is 5.04. The third-order valence-corrected chi connectivity index (χ3v) is 5.04. The van der Waals surface area contributed by atoms with E-state index in [1.54, 1.807) is 7.11 Å². The molecule has 0 saturated carbocycles. The molecule has 0 saturated heterocycles. The van der Waals surface area contributed by atoms with Crippen molar-refractivity contribution in [2.24, 2.45) is 7.05 Å². The van der Waals surface area contributed by atoms with Gasteiger partial charge in [-0.25, -0.2) is 0 Å². The number of aromatic nitrogens is 4. The normalized spacial score (nSPS) is 11.8. The summed E-state index contributed by atoms with van der Waals surface area (Å²) in [6, 6.07) is 13.3. The van der Waals surface area contributed by atoms with E-state index in [0.29, 0.717) is 16.7 Å². The van der Waals surface area contributed by atoms with Crippen LogP contribution in [0.5, 0.6) is 5.75 Å². The van der Waals surface area contributed by atoms with E-state index in [9.17, 15) is 4.79 Å². The molecule has 0 fully saturated rings. The van der Waals surface area contributed by atoms with E-state index in [2.05, 4.69) is 41.3 Å². The van der Waals surface area contributed by atoms with Crippen LogP contribution in [0.3, 0.4) is 0 Å². The van der Waals surface area contributed by atoms with Gasteiger partial charge in [-0.1, -0.05) is 32.9 Å². The highest BCUT2D eigenvalue weighted by atomic mass is 16.5. The van der Waals surface area contributed by atoms with Gasteiger partial charge in [-0.15, -0.1) is 10.2 Å². The Hall–Kier alpha value is -3.48. The largest absolute Gasteiger partial charge is 0.497 e. The Morgan fingerprint density at radius 2 is 1.79 bits per heavy atom. The number of fused-ring (bicyclic) bond motifs is 3. The second-order valence-electron chi connectivity index (χ2n) is 8.03. The standard InChI is InChI=1S/C22H23N5O2/c1-22(2,3)14-8-6-13(7-9-14)20(28)24-21-23-19-18(25-26-21)16-12-15(29-5)10-11-17(16)27(19)4/h6-12H,1-5H3,(H,23,24,26,28).